The first-order valence-corrected chi connectivity index (χ1v) is 4.65. The van der Waals surface area contributed by atoms with Gasteiger partial charge in [0.2, 0.25) is 5.91 Å². The van der Waals surface area contributed by atoms with E-state index in [2.05, 4.69) is 0 Å². The number of carbonyl (C=O) groups excluding carboxylic acids is 2. The summed E-state index contributed by atoms with van der Waals surface area (Å²) in [5.41, 5.74) is 4.70. The van der Waals surface area contributed by atoms with E-state index in [1.54, 1.807) is 0 Å². The van der Waals surface area contributed by atoms with Crippen molar-refractivity contribution in [1.29, 1.82) is 0 Å². The smallest absolute Gasteiger partial charge is 0.217 e. The van der Waals surface area contributed by atoms with Crippen LogP contribution in [0.15, 0.2) is 18.2 Å². The van der Waals surface area contributed by atoms with Crippen LogP contribution in [-0.4, -0.2) is 11.7 Å². The molecule has 0 saturated carbocycles. The lowest BCUT2D eigenvalue weighted by Crippen LogP contribution is -2.13. The van der Waals surface area contributed by atoms with Gasteiger partial charge in [-0.15, -0.1) is 0 Å². The van der Waals surface area contributed by atoms with E-state index in [-0.39, 0.29) is 23.4 Å². The SMILES string of the molecule is NC(=O)CCC(=O)c1c(F)cccc1Cl. The topological polar surface area (TPSA) is 60.2 Å². The Bertz CT molecular complexity index is 386. The van der Waals surface area contributed by atoms with Crippen LogP contribution in [0.5, 0.6) is 0 Å². The number of ketones is 1. The van der Waals surface area contributed by atoms with Crippen LogP contribution in [0.4, 0.5) is 4.39 Å². The Hall–Kier alpha value is -1.42. The normalized spacial score (nSPS) is 10.0. The predicted molar refractivity (Wildman–Crippen MR) is 54.2 cm³/mol. The van der Waals surface area contributed by atoms with Crippen molar-refractivity contribution >= 4 is 23.3 Å². The molecule has 15 heavy (non-hydrogen) atoms. The van der Waals surface area contributed by atoms with Gasteiger partial charge in [-0.25, -0.2) is 4.39 Å². The number of benzene rings is 1. The Morgan fingerprint density at radius 3 is 2.53 bits per heavy atom. The van der Waals surface area contributed by atoms with Crippen LogP contribution < -0.4 is 5.73 Å². The summed E-state index contributed by atoms with van der Waals surface area (Å²) in [6.07, 6.45) is -0.237. The summed E-state index contributed by atoms with van der Waals surface area (Å²) in [4.78, 5) is 21.9. The number of amides is 1. The average Bonchev–Trinajstić information content (AvgIpc) is 2.14. The summed E-state index contributed by atoms with van der Waals surface area (Å²) < 4.78 is 13.2. The number of hydrogen-bond donors (Lipinski definition) is 1. The van der Waals surface area contributed by atoms with Gasteiger partial charge in [0.15, 0.2) is 5.78 Å². The van der Waals surface area contributed by atoms with Crippen LogP contribution in [0.25, 0.3) is 0 Å². The number of carbonyl (C=O) groups is 2. The maximum atomic E-state index is 13.2. The zero-order valence-electron chi connectivity index (χ0n) is 7.80. The third-order valence-electron chi connectivity index (χ3n) is 1.84. The quantitative estimate of drug-likeness (QED) is 0.802. The number of Topliss-reactive ketones (excluding diaryl/α,β-unsaturated/α-hetero) is 1. The Kier molecular flexibility index (Phi) is 3.80. The molecule has 0 saturated heterocycles. The fraction of sp³-hybridized carbons (Fsp3) is 0.200. The molecule has 0 atom stereocenters. The van der Waals surface area contributed by atoms with E-state index in [0.29, 0.717) is 0 Å². The maximum absolute atomic E-state index is 13.2. The number of halogens is 2. The largest absolute Gasteiger partial charge is 0.370 e. The minimum Gasteiger partial charge on any atom is -0.370 e. The van der Waals surface area contributed by atoms with Gasteiger partial charge in [-0.3, -0.25) is 9.59 Å². The summed E-state index contributed by atoms with van der Waals surface area (Å²) in [7, 11) is 0. The van der Waals surface area contributed by atoms with Crippen molar-refractivity contribution in [3.63, 3.8) is 0 Å². The molecule has 0 bridgehead atoms. The Morgan fingerprint density at radius 1 is 1.33 bits per heavy atom. The molecule has 2 N–H and O–H groups in total. The molecule has 1 rings (SSSR count). The molecule has 0 aliphatic carbocycles. The fourth-order valence-electron chi connectivity index (χ4n) is 1.13. The predicted octanol–water partition coefficient (Wildman–Crippen LogP) is 1.93. The molecule has 1 aromatic rings. The van der Waals surface area contributed by atoms with Crippen molar-refractivity contribution < 1.29 is 14.0 Å². The first kappa shape index (κ1) is 11.7. The Labute approximate surface area is 91.0 Å². The van der Waals surface area contributed by atoms with Gasteiger partial charge in [0.25, 0.3) is 0 Å². The lowest BCUT2D eigenvalue weighted by molar-refractivity contribution is -0.118. The highest BCUT2D eigenvalue weighted by Crippen LogP contribution is 2.20. The number of nitrogens with two attached hydrogens (primary N) is 1. The first-order valence-electron chi connectivity index (χ1n) is 4.28. The van der Waals surface area contributed by atoms with Crippen molar-refractivity contribution in [3.8, 4) is 0 Å². The van der Waals surface area contributed by atoms with Crippen LogP contribution >= 0.6 is 11.6 Å². The molecule has 0 aliphatic rings. The monoisotopic (exact) mass is 229 g/mol. The highest BCUT2D eigenvalue weighted by Gasteiger charge is 2.15. The van der Waals surface area contributed by atoms with Gasteiger partial charge < -0.3 is 5.73 Å². The molecule has 1 amide bonds. The second-order valence-electron chi connectivity index (χ2n) is 2.99. The van der Waals surface area contributed by atoms with E-state index in [1.807, 2.05) is 0 Å². The summed E-state index contributed by atoms with van der Waals surface area (Å²) >= 11 is 5.66. The lowest BCUT2D eigenvalue weighted by atomic mass is 10.1. The average molecular weight is 230 g/mol. The minimum atomic E-state index is -0.683. The van der Waals surface area contributed by atoms with Crippen LogP contribution in [0.3, 0.4) is 0 Å². The number of hydrogen-bond acceptors (Lipinski definition) is 2. The van der Waals surface area contributed by atoms with E-state index in [0.717, 1.165) is 6.07 Å². The van der Waals surface area contributed by atoms with E-state index >= 15 is 0 Å². The molecule has 5 heteroatoms. The second-order valence-corrected chi connectivity index (χ2v) is 3.39. The fourth-order valence-corrected chi connectivity index (χ4v) is 1.39. The van der Waals surface area contributed by atoms with E-state index < -0.39 is 17.5 Å². The van der Waals surface area contributed by atoms with Gasteiger partial charge in [-0.1, -0.05) is 17.7 Å². The Morgan fingerprint density at radius 2 is 2.00 bits per heavy atom. The number of primary amides is 1. The lowest BCUT2D eigenvalue weighted by Gasteiger charge is -2.03. The second kappa shape index (κ2) is 4.89. The van der Waals surface area contributed by atoms with Gasteiger partial charge >= 0.3 is 0 Å². The van der Waals surface area contributed by atoms with Crippen molar-refractivity contribution in [2.45, 2.75) is 12.8 Å². The minimum absolute atomic E-state index is 0.0458. The molecular weight excluding hydrogens is 221 g/mol. The van der Waals surface area contributed by atoms with Crippen molar-refractivity contribution in [2.24, 2.45) is 5.73 Å². The van der Waals surface area contributed by atoms with Crippen LogP contribution in [0.2, 0.25) is 5.02 Å². The molecule has 0 aromatic heterocycles. The third-order valence-corrected chi connectivity index (χ3v) is 2.16. The summed E-state index contributed by atoms with van der Waals surface area (Å²) in [5, 5.41) is 0.0458. The van der Waals surface area contributed by atoms with Crippen LogP contribution in [-0.2, 0) is 4.79 Å². The van der Waals surface area contributed by atoms with E-state index in [9.17, 15) is 14.0 Å². The third kappa shape index (κ3) is 3.02. The highest BCUT2D eigenvalue weighted by molar-refractivity contribution is 6.34. The van der Waals surface area contributed by atoms with E-state index in [4.69, 9.17) is 17.3 Å². The molecule has 0 aliphatic heterocycles. The van der Waals surface area contributed by atoms with Gasteiger partial charge in [0.1, 0.15) is 5.82 Å². The zero-order valence-corrected chi connectivity index (χ0v) is 8.55. The van der Waals surface area contributed by atoms with Crippen molar-refractivity contribution in [1.82, 2.24) is 0 Å². The summed E-state index contributed by atoms with van der Waals surface area (Å²) in [5.74, 6) is -1.80. The summed E-state index contributed by atoms with van der Waals surface area (Å²) in [6, 6.07) is 3.97. The molecule has 0 heterocycles. The molecule has 0 fully saturated rings. The molecule has 3 nitrogen and oxygen atoms in total. The van der Waals surface area contributed by atoms with Gasteiger partial charge in [0.05, 0.1) is 10.6 Å². The standard InChI is InChI=1S/C10H9ClFNO2/c11-6-2-1-3-7(12)10(6)8(14)4-5-9(13)15/h1-3H,4-5H2,(H2,13,15). The van der Waals surface area contributed by atoms with Crippen molar-refractivity contribution in [3.05, 3.63) is 34.6 Å². The zero-order chi connectivity index (χ0) is 11.4. The molecule has 0 radical (unpaired) electrons. The maximum Gasteiger partial charge on any atom is 0.217 e. The van der Waals surface area contributed by atoms with E-state index in [1.165, 1.54) is 12.1 Å². The number of rotatable bonds is 4. The van der Waals surface area contributed by atoms with Gasteiger partial charge in [0, 0.05) is 12.8 Å². The molecule has 80 valence electrons. The molecule has 0 unspecified atom stereocenters. The molecule has 1 aromatic carbocycles. The molecular formula is C10H9ClFNO2. The van der Waals surface area contributed by atoms with Gasteiger partial charge in [-0.05, 0) is 12.1 Å². The first-order chi connectivity index (χ1) is 7.02. The highest BCUT2D eigenvalue weighted by atomic mass is 35.5. The van der Waals surface area contributed by atoms with Crippen LogP contribution in [0.1, 0.15) is 23.2 Å². The molecule has 0 spiro atoms. The Balaban J connectivity index is 2.86. The summed E-state index contributed by atoms with van der Waals surface area (Å²) in [6.45, 7) is 0. The van der Waals surface area contributed by atoms with Crippen molar-refractivity contribution in [2.75, 3.05) is 0 Å². The van der Waals surface area contributed by atoms with Gasteiger partial charge in [-0.2, -0.15) is 0 Å². The van der Waals surface area contributed by atoms with Crippen LogP contribution in [0, 0.1) is 5.82 Å².